The minimum Gasteiger partial charge on any atom is -0.389 e. The van der Waals surface area contributed by atoms with Crippen LogP contribution in [-0.4, -0.2) is 29.3 Å². The summed E-state index contributed by atoms with van der Waals surface area (Å²) in [6.45, 7) is 6.00. The second kappa shape index (κ2) is 4.80. The molecule has 0 aliphatic heterocycles. The summed E-state index contributed by atoms with van der Waals surface area (Å²) in [4.78, 5) is 6.25. The molecule has 0 spiro atoms. The first-order chi connectivity index (χ1) is 7.31. The SMILES string of the molecule is CC(N)c1cccnc1N(C)CC(C)(C)O. The van der Waals surface area contributed by atoms with Crippen molar-refractivity contribution in [3.63, 3.8) is 0 Å². The van der Waals surface area contributed by atoms with E-state index in [0.717, 1.165) is 11.4 Å². The maximum Gasteiger partial charge on any atom is 0.133 e. The standard InChI is InChI=1S/C12H21N3O/c1-9(13)10-6-5-7-14-11(10)15(4)8-12(2,3)16/h5-7,9,16H,8,13H2,1-4H3. The van der Waals surface area contributed by atoms with Crippen molar-refractivity contribution in [2.45, 2.75) is 32.4 Å². The summed E-state index contributed by atoms with van der Waals surface area (Å²) >= 11 is 0. The van der Waals surface area contributed by atoms with Crippen LogP contribution in [0.1, 0.15) is 32.4 Å². The van der Waals surface area contributed by atoms with Gasteiger partial charge in [-0.05, 0) is 26.8 Å². The molecule has 1 heterocycles. The fourth-order valence-electron chi connectivity index (χ4n) is 1.74. The lowest BCUT2D eigenvalue weighted by molar-refractivity contribution is 0.0884. The molecule has 1 aromatic heterocycles. The summed E-state index contributed by atoms with van der Waals surface area (Å²) in [5, 5.41) is 9.78. The van der Waals surface area contributed by atoms with Gasteiger partial charge in [0.1, 0.15) is 5.82 Å². The Morgan fingerprint density at radius 2 is 2.19 bits per heavy atom. The molecule has 0 aliphatic carbocycles. The molecule has 0 aromatic carbocycles. The average molecular weight is 223 g/mol. The van der Waals surface area contributed by atoms with Crippen LogP contribution in [0, 0.1) is 0 Å². The van der Waals surface area contributed by atoms with Crippen LogP contribution in [0.2, 0.25) is 0 Å². The van der Waals surface area contributed by atoms with Crippen LogP contribution in [0.4, 0.5) is 5.82 Å². The molecule has 3 N–H and O–H groups in total. The molecule has 90 valence electrons. The zero-order valence-electron chi connectivity index (χ0n) is 10.4. The van der Waals surface area contributed by atoms with Crippen LogP contribution in [0.25, 0.3) is 0 Å². The maximum atomic E-state index is 9.78. The Kier molecular flexibility index (Phi) is 3.88. The number of aliphatic hydroxyl groups is 1. The molecule has 1 aromatic rings. The quantitative estimate of drug-likeness (QED) is 0.808. The van der Waals surface area contributed by atoms with Crippen molar-refractivity contribution in [3.05, 3.63) is 23.9 Å². The third kappa shape index (κ3) is 3.47. The molecule has 0 amide bonds. The van der Waals surface area contributed by atoms with Crippen LogP contribution in [-0.2, 0) is 0 Å². The third-order valence-electron chi connectivity index (χ3n) is 2.29. The van der Waals surface area contributed by atoms with Gasteiger partial charge < -0.3 is 15.7 Å². The predicted octanol–water partition coefficient (Wildman–Crippen LogP) is 1.31. The molecule has 0 aliphatic rings. The molecule has 0 saturated heterocycles. The fraction of sp³-hybridized carbons (Fsp3) is 0.583. The Bertz CT molecular complexity index is 344. The van der Waals surface area contributed by atoms with Gasteiger partial charge in [0.25, 0.3) is 0 Å². The monoisotopic (exact) mass is 223 g/mol. The van der Waals surface area contributed by atoms with Crippen molar-refractivity contribution in [1.82, 2.24) is 4.98 Å². The lowest BCUT2D eigenvalue weighted by Gasteiger charge is -2.28. The first kappa shape index (κ1) is 12.9. The topological polar surface area (TPSA) is 62.4 Å². The normalized spacial score (nSPS) is 13.6. The summed E-state index contributed by atoms with van der Waals surface area (Å²) in [7, 11) is 1.91. The van der Waals surface area contributed by atoms with Crippen LogP contribution in [0.3, 0.4) is 0 Å². The smallest absolute Gasteiger partial charge is 0.133 e. The van der Waals surface area contributed by atoms with Gasteiger partial charge >= 0.3 is 0 Å². The zero-order valence-corrected chi connectivity index (χ0v) is 10.4. The number of aromatic nitrogens is 1. The Morgan fingerprint density at radius 3 is 2.69 bits per heavy atom. The van der Waals surface area contributed by atoms with Crippen LogP contribution < -0.4 is 10.6 Å². The van der Waals surface area contributed by atoms with E-state index in [1.54, 1.807) is 20.0 Å². The van der Waals surface area contributed by atoms with Gasteiger partial charge in [-0.25, -0.2) is 4.98 Å². The van der Waals surface area contributed by atoms with E-state index in [1.807, 2.05) is 31.0 Å². The van der Waals surface area contributed by atoms with E-state index >= 15 is 0 Å². The van der Waals surface area contributed by atoms with E-state index < -0.39 is 5.60 Å². The van der Waals surface area contributed by atoms with E-state index in [4.69, 9.17) is 5.73 Å². The molecule has 0 fully saturated rings. The first-order valence-electron chi connectivity index (χ1n) is 5.45. The largest absolute Gasteiger partial charge is 0.389 e. The van der Waals surface area contributed by atoms with E-state index in [9.17, 15) is 5.11 Å². The molecular weight excluding hydrogens is 202 g/mol. The Balaban J connectivity index is 2.95. The van der Waals surface area contributed by atoms with Crippen LogP contribution >= 0.6 is 0 Å². The highest BCUT2D eigenvalue weighted by molar-refractivity contribution is 5.47. The summed E-state index contributed by atoms with van der Waals surface area (Å²) < 4.78 is 0. The summed E-state index contributed by atoms with van der Waals surface area (Å²) in [5.41, 5.74) is 6.13. The van der Waals surface area contributed by atoms with Gasteiger partial charge in [0, 0.05) is 31.4 Å². The van der Waals surface area contributed by atoms with E-state index in [0.29, 0.717) is 6.54 Å². The van der Waals surface area contributed by atoms with Crippen molar-refractivity contribution < 1.29 is 5.11 Å². The fourth-order valence-corrected chi connectivity index (χ4v) is 1.74. The van der Waals surface area contributed by atoms with Crippen molar-refractivity contribution in [1.29, 1.82) is 0 Å². The number of hydrogen-bond acceptors (Lipinski definition) is 4. The Hall–Kier alpha value is -1.13. The highest BCUT2D eigenvalue weighted by atomic mass is 16.3. The average Bonchev–Trinajstić information content (AvgIpc) is 2.15. The van der Waals surface area contributed by atoms with Crippen molar-refractivity contribution in [3.8, 4) is 0 Å². The van der Waals surface area contributed by atoms with E-state index in [1.165, 1.54) is 0 Å². The van der Waals surface area contributed by atoms with Gasteiger partial charge in [0.2, 0.25) is 0 Å². The predicted molar refractivity (Wildman–Crippen MR) is 66.4 cm³/mol. The molecule has 4 nitrogen and oxygen atoms in total. The highest BCUT2D eigenvalue weighted by Gasteiger charge is 2.19. The van der Waals surface area contributed by atoms with E-state index in [2.05, 4.69) is 4.98 Å². The summed E-state index contributed by atoms with van der Waals surface area (Å²) in [6.07, 6.45) is 1.74. The maximum absolute atomic E-state index is 9.78. The van der Waals surface area contributed by atoms with Gasteiger partial charge in [-0.15, -0.1) is 0 Å². The Morgan fingerprint density at radius 1 is 1.56 bits per heavy atom. The van der Waals surface area contributed by atoms with Gasteiger partial charge in [0.05, 0.1) is 5.60 Å². The number of likely N-dealkylation sites (N-methyl/N-ethyl adjacent to an activating group) is 1. The summed E-state index contributed by atoms with van der Waals surface area (Å²) in [5.74, 6) is 0.833. The minimum absolute atomic E-state index is 0.0621. The molecule has 0 saturated carbocycles. The molecule has 16 heavy (non-hydrogen) atoms. The van der Waals surface area contributed by atoms with Gasteiger partial charge in [-0.1, -0.05) is 6.07 Å². The molecule has 4 heteroatoms. The van der Waals surface area contributed by atoms with Crippen molar-refractivity contribution in [2.75, 3.05) is 18.5 Å². The molecule has 1 rings (SSSR count). The molecular formula is C12H21N3O. The van der Waals surface area contributed by atoms with Crippen LogP contribution in [0.15, 0.2) is 18.3 Å². The lowest BCUT2D eigenvalue weighted by atomic mass is 10.1. The van der Waals surface area contributed by atoms with Crippen molar-refractivity contribution >= 4 is 5.82 Å². The van der Waals surface area contributed by atoms with Crippen LogP contribution in [0.5, 0.6) is 0 Å². The molecule has 0 bridgehead atoms. The number of rotatable bonds is 4. The van der Waals surface area contributed by atoms with Gasteiger partial charge in [-0.3, -0.25) is 0 Å². The zero-order chi connectivity index (χ0) is 12.3. The third-order valence-corrected chi connectivity index (χ3v) is 2.29. The first-order valence-corrected chi connectivity index (χ1v) is 5.45. The minimum atomic E-state index is -0.749. The van der Waals surface area contributed by atoms with Gasteiger partial charge in [-0.2, -0.15) is 0 Å². The molecule has 1 atom stereocenters. The number of nitrogens with zero attached hydrogens (tertiary/aromatic N) is 2. The summed E-state index contributed by atoms with van der Waals surface area (Å²) in [6, 6.07) is 3.78. The number of anilines is 1. The second-order valence-corrected chi connectivity index (χ2v) is 4.87. The molecule has 1 unspecified atom stereocenters. The van der Waals surface area contributed by atoms with Gasteiger partial charge in [0.15, 0.2) is 0 Å². The highest BCUT2D eigenvalue weighted by Crippen LogP contribution is 2.22. The number of pyridine rings is 1. The van der Waals surface area contributed by atoms with Crippen molar-refractivity contribution in [2.24, 2.45) is 5.73 Å². The second-order valence-electron chi connectivity index (χ2n) is 4.87. The van der Waals surface area contributed by atoms with E-state index in [-0.39, 0.29) is 6.04 Å². The molecule has 0 radical (unpaired) electrons. The number of hydrogen-bond donors (Lipinski definition) is 2. The Labute approximate surface area is 97.1 Å². The lowest BCUT2D eigenvalue weighted by Crippen LogP contribution is -2.37. The number of nitrogens with two attached hydrogens (primary N) is 1.